The summed E-state index contributed by atoms with van der Waals surface area (Å²) in [6, 6.07) is 13.4. The summed E-state index contributed by atoms with van der Waals surface area (Å²) in [4.78, 5) is 8.38. The van der Waals surface area contributed by atoms with Gasteiger partial charge in [-0.15, -0.1) is 0 Å². The van der Waals surface area contributed by atoms with Crippen LogP contribution in [-0.4, -0.2) is 44.2 Å². The molecule has 0 bridgehead atoms. The third-order valence-electron chi connectivity index (χ3n) is 3.04. The molecule has 0 aliphatic rings. The average Bonchev–Trinajstić information content (AvgIpc) is 2.38. The van der Waals surface area contributed by atoms with E-state index in [0.29, 0.717) is 0 Å². The number of nitrogens with zero attached hydrogens (tertiary/aromatic N) is 3. The van der Waals surface area contributed by atoms with Crippen molar-refractivity contribution < 1.29 is 4.48 Å². The maximum Gasteiger partial charge on any atom is 0.104 e. The molecule has 19 heavy (non-hydrogen) atoms. The first-order valence-corrected chi connectivity index (χ1v) is 7.08. The van der Waals surface area contributed by atoms with E-state index >= 15 is 0 Å². The summed E-state index contributed by atoms with van der Waals surface area (Å²) in [6.45, 7) is 5.84. The largest absolute Gasteiger partial charge is 0.323 e. The predicted molar refractivity (Wildman–Crippen MR) is 81.6 cm³/mol. The Morgan fingerprint density at radius 1 is 1.05 bits per heavy atom. The van der Waals surface area contributed by atoms with Gasteiger partial charge >= 0.3 is 0 Å². The quantitative estimate of drug-likeness (QED) is 0.389. The van der Waals surface area contributed by atoms with Gasteiger partial charge in [0.15, 0.2) is 0 Å². The minimum absolute atomic E-state index is 0.787. The van der Waals surface area contributed by atoms with Crippen LogP contribution < -0.4 is 0 Å². The normalized spacial score (nSPS) is 10.9. The molecule has 0 unspecified atom stereocenters. The molecule has 0 radical (unpaired) electrons. The Labute approximate surface area is 117 Å². The zero-order valence-electron chi connectivity index (χ0n) is 12.5. The minimum atomic E-state index is 0.787. The fourth-order valence-electron chi connectivity index (χ4n) is 1.86. The van der Waals surface area contributed by atoms with Crippen molar-refractivity contribution in [1.82, 2.24) is 0 Å². The van der Waals surface area contributed by atoms with Crippen molar-refractivity contribution in [2.24, 2.45) is 9.98 Å². The van der Waals surface area contributed by atoms with Crippen LogP contribution in [0.25, 0.3) is 0 Å². The first kappa shape index (κ1) is 15.6. The Morgan fingerprint density at radius 3 is 2.42 bits per heavy atom. The lowest BCUT2D eigenvalue weighted by molar-refractivity contribution is -0.902. The summed E-state index contributed by atoms with van der Waals surface area (Å²) in [7, 11) is 4.47. The highest BCUT2D eigenvalue weighted by Gasteiger charge is 2.14. The van der Waals surface area contributed by atoms with Gasteiger partial charge in [0, 0.05) is 12.1 Å². The monoisotopic (exact) mass is 260 g/mol. The summed E-state index contributed by atoms with van der Waals surface area (Å²) in [5, 5.41) is 0. The van der Waals surface area contributed by atoms with E-state index in [0.717, 1.165) is 37.1 Å². The lowest BCUT2D eigenvalue weighted by Gasteiger charge is -2.29. The number of aliphatic imine (C=N–C) groups is 2. The number of quaternary nitrogens is 1. The summed E-state index contributed by atoms with van der Waals surface area (Å²) >= 11 is 0. The van der Waals surface area contributed by atoms with Gasteiger partial charge < -0.3 is 4.48 Å². The predicted octanol–water partition coefficient (Wildman–Crippen LogP) is 3.24. The van der Waals surface area contributed by atoms with E-state index in [1.54, 1.807) is 0 Å². The van der Waals surface area contributed by atoms with E-state index in [1.165, 1.54) is 12.0 Å². The molecule has 0 aliphatic heterocycles. The first-order chi connectivity index (χ1) is 9.14. The standard InChI is InChI=1S/C16H26N3/c1-4-5-11-17-15-18-12-13-19(2,3)14-16-9-7-6-8-10-16/h6-10H,4-5,11-14H2,1-3H3/q+1. The number of hydrogen-bond acceptors (Lipinski definition) is 2. The second kappa shape index (κ2) is 8.63. The SMILES string of the molecule is CCCCN=C=NCC[N+](C)(C)Cc1ccccc1. The molecule has 0 spiro atoms. The van der Waals surface area contributed by atoms with Crippen molar-refractivity contribution in [2.45, 2.75) is 26.3 Å². The van der Waals surface area contributed by atoms with Gasteiger partial charge in [0.2, 0.25) is 0 Å². The number of unbranched alkanes of at least 4 members (excludes halogenated alkanes) is 1. The lowest BCUT2D eigenvalue weighted by Crippen LogP contribution is -2.40. The molecule has 1 aromatic rings. The van der Waals surface area contributed by atoms with Crippen molar-refractivity contribution in [1.29, 1.82) is 0 Å². The number of benzene rings is 1. The van der Waals surface area contributed by atoms with Crippen LogP contribution in [0, 0.1) is 0 Å². The maximum absolute atomic E-state index is 4.24. The molecule has 3 heteroatoms. The highest BCUT2D eigenvalue weighted by Crippen LogP contribution is 2.08. The van der Waals surface area contributed by atoms with E-state index in [-0.39, 0.29) is 0 Å². The van der Waals surface area contributed by atoms with Gasteiger partial charge in [-0.3, -0.25) is 0 Å². The third kappa shape index (κ3) is 7.55. The van der Waals surface area contributed by atoms with Crippen LogP contribution in [0.5, 0.6) is 0 Å². The van der Waals surface area contributed by atoms with E-state index in [2.05, 4.69) is 67.3 Å². The Hall–Kier alpha value is -1.44. The topological polar surface area (TPSA) is 24.7 Å². The maximum atomic E-state index is 4.24. The Kier molecular flexibility index (Phi) is 7.09. The van der Waals surface area contributed by atoms with Gasteiger partial charge in [-0.2, -0.15) is 0 Å². The van der Waals surface area contributed by atoms with E-state index in [1.807, 2.05) is 0 Å². The molecule has 0 aliphatic carbocycles. The summed E-state index contributed by atoms with van der Waals surface area (Å²) in [5.41, 5.74) is 1.37. The van der Waals surface area contributed by atoms with Crippen molar-refractivity contribution in [3.63, 3.8) is 0 Å². The minimum Gasteiger partial charge on any atom is -0.323 e. The van der Waals surface area contributed by atoms with Crippen molar-refractivity contribution in [3.8, 4) is 0 Å². The zero-order chi connectivity index (χ0) is 14.0. The van der Waals surface area contributed by atoms with Gasteiger partial charge in [-0.25, -0.2) is 9.98 Å². The second-order valence-electron chi connectivity index (χ2n) is 5.52. The molecule has 0 aromatic heterocycles. The molecule has 0 N–H and O–H groups in total. The van der Waals surface area contributed by atoms with Crippen LogP contribution in [0.1, 0.15) is 25.3 Å². The lowest BCUT2D eigenvalue weighted by atomic mass is 10.2. The smallest absolute Gasteiger partial charge is 0.104 e. The molecule has 1 aromatic carbocycles. The summed E-state index contributed by atoms with van der Waals surface area (Å²) in [5.74, 6) is 0. The van der Waals surface area contributed by atoms with Crippen LogP contribution in [0.3, 0.4) is 0 Å². The molecule has 0 atom stereocenters. The van der Waals surface area contributed by atoms with E-state index in [4.69, 9.17) is 0 Å². The van der Waals surface area contributed by atoms with Crippen molar-refractivity contribution >= 4 is 6.01 Å². The molecular formula is C16H26N3+. The van der Waals surface area contributed by atoms with Crippen LogP contribution in [0.15, 0.2) is 40.3 Å². The van der Waals surface area contributed by atoms with E-state index < -0.39 is 0 Å². The van der Waals surface area contributed by atoms with E-state index in [9.17, 15) is 0 Å². The molecule has 0 saturated carbocycles. The molecule has 104 valence electrons. The van der Waals surface area contributed by atoms with Crippen LogP contribution in [-0.2, 0) is 6.54 Å². The number of hydrogen-bond donors (Lipinski definition) is 0. The van der Waals surface area contributed by atoms with Gasteiger partial charge in [-0.05, 0) is 6.42 Å². The molecule has 0 heterocycles. The van der Waals surface area contributed by atoms with Gasteiger partial charge in [-0.1, -0.05) is 43.7 Å². The summed E-state index contributed by atoms with van der Waals surface area (Å²) in [6.07, 6.45) is 2.30. The van der Waals surface area contributed by atoms with Gasteiger partial charge in [0.05, 0.1) is 33.2 Å². The fraction of sp³-hybridized carbons (Fsp3) is 0.562. The number of rotatable bonds is 8. The van der Waals surface area contributed by atoms with Crippen molar-refractivity contribution in [2.75, 3.05) is 33.7 Å². The highest BCUT2D eigenvalue weighted by atomic mass is 15.3. The van der Waals surface area contributed by atoms with Crippen LogP contribution >= 0.6 is 0 Å². The van der Waals surface area contributed by atoms with Crippen LogP contribution in [0.4, 0.5) is 0 Å². The second-order valence-corrected chi connectivity index (χ2v) is 5.52. The third-order valence-corrected chi connectivity index (χ3v) is 3.04. The Bertz CT molecular complexity index is 403. The molecule has 3 nitrogen and oxygen atoms in total. The van der Waals surface area contributed by atoms with Gasteiger partial charge in [0.1, 0.15) is 6.54 Å². The Balaban J connectivity index is 2.33. The summed E-state index contributed by atoms with van der Waals surface area (Å²) < 4.78 is 0.935. The average molecular weight is 260 g/mol. The Morgan fingerprint density at radius 2 is 1.74 bits per heavy atom. The zero-order valence-corrected chi connectivity index (χ0v) is 12.5. The van der Waals surface area contributed by atoms with Crippen molar-refractivity contribution in [3.05, 3.63) is 35.9 Å². The van der Waals surface area contributed by atoms with Crippen LogP contribution in [0.2, 0.25) is 0 Å². The van der Waals surface area contributed by atoms with Gasteiger partial charge in [0.25, 0.3) is 0 Å². The number of likely N-dealkylation sites (N-methyl/N-ethyl adjacent to an activating group) is 1. The first-order valence-electron chi connectivity index (χ1n) is 7.08. The molecule has 0 fully saturated rings. The molecule has 1 rings (SSSR count). The molecule has 0 amide bonds. The molecular weight excluding hydrogens is 234 g/mol. The molecule has 0 saturated heterocycles. The highest BCUT2D eigenvalue weighted by molar-refractivity contribution is 5.40. The fourth-order valence-corrected chi connectivity index (χ4v) is 1.86.